The van der Waals surface area contributed by atoms with Gasteiger partial charge in [0.25, 0.3) is 0 Å². The van der Waals surface area contributed by atoms with Gasteiger partial charge in [-0.3, -0.25) is 5.10 Å². The second-order valence-corrected chi connectivity index (χ2v) is 6.86. The van der Waals surface area contributed by atoms with E-state index >= 15 is 0 Å². The third kappa shape index (κ3) is 3.05. The van der Waals surface area contributed by atoms with E-state index in [2.05, 4.69) is 20.8 Å². The lowest BCUT2D eigenvalue weighted by molar-refractivity contribution is 0.478. The van der Waals surface area contributed by atoms with Gasteiger partial charge in [0, 0.05) is 17.7 Å². The molecule has 4 nitrogen and oxygen atoms in total. The van der Waals surface area contributed by atoms with E-state index in [9.17, 15) is 0 Å². The van der Waals surface area contributed by atoms with Gasteiger partial charge in [0.2, 0.25) is 0 Å². The fourth-order valence-corrected chi connectivity index (χ4v) is 3.72. The average molecular weight is 317 g/mol. The van der Waals surface area contributed by atoms with Crippen LogP contribution in [0, 0.1) is 0 Å². The Bertz CT molecular complexity index is 560. The molecular weight excluding hydrogens is 303 g/mol. The van der Waals surface area contributed by atoms with E-state index in [-0.39, 0.29) is 0 Å². The minimum absolute atomic E-state index is 0.485. The Balaban J connectivity index is 1.74. The van der Waals surface area contributed by atoms with Crippen LogP contribution in [0.4, 0.5) is 5.82 Å². The van der Waals surface area contributed by atoms with Crippen LogP contribution in [0.3, 0.4) is 0 Å². The molecule has 0 bridgehead atoms. The Kier molecular flexibility index (Phi) is 3.98. The number of aromatic amines is 1. The molecule has 0 amide bonds. The lowest BCUT2D eigenvalue weighted by Crippen LogP contribution is -2.35. The summed E-state index contributed by atoms with van der Waals surface area (Å²) >= 11 is 13.5. The predicted octanol–water partition coefficient (Wildman–Crippen LogP) is 3.61. The SMILES string of the molecule is Clc1cc(-c2cc(NC3CCNCC3)n[nH]2)c(Cl)s1. The van der Waals surface area contributed by atoms with Crippen molar-refractivity contribution in [1.29, 1.82) is 0 Å². The lowest BCUT2D eigenvalue weighted by Gasteiger charge is -2.23. The van der Waals surface area contributed by atoms with E-state index < -0.39 is 0 Å². The van der Waals surface area contributed by atoms with Gasteiger partial charge < -0.3 is 10.6 Å². The number of hydrogen-bond acceptors (Lipinski definition) is 4. The van der Waals surface area contributed by atoms with E-state index in [0.29, 0.717) is 14.7 Å². The van der Waals surface area contributed by atoms with Crippen LogP contribution in [0.5, 0.6) is 0 Å². The zero-order chi connectivity index (χ0) is 13.2. The van der Waals surface area contributed by atoms with Gasteiger partial charge in [-0.15, -0.1) is 11.3 Å². The van der Waals surface area contributed by atoms with Gasteiger partial charge in [-0.05, 0) is 32.0 Å². The van der Waals surface area contributed by atoms with Crippen LogP contribution in [0.1, 0.15) is 12.8 Å². The molecule has 0 unspecified atom stereocenters. The number of rotatable bonds is 3. The maximum atomic E-state index is 6.14. The molecule has 0 aliphatic carbocycles. The van der Waals surface area contributed by atoms with Gasteiger partial charge in [-0.25, -0.2) is 0 Å². The summed E-state index contributed by atoms with van der Waals surface area (Å²) in [5.74, 6) is 0.861. The molecule has 102 valence electrons. The van der Waals surface area contributed by atoms with Crippen molar-refractivity contribution < 1.29 is 0 Å². The maximum absolute atomic E-state index is 6.14. The van der Waals surface area contributed by atoms with Gasteiger partial charge in [0.1, 0.15) is 10.2 Å². The normalized spacial score (nSPS) is 16.7. The second kappa shape index (κ2) is 5.71. The summed E-state index contributed by atoms with van der Waals surface area (Å²) in [6.07, 6.45) is 2.24. The summed E-state index contributed by atoms with van der Waals surface area (Å²) in [6, 6.07) is 4.32. The van der Waals surface area contributed by atoms with Gasteiger partial charge in [-0.2, -0.15) is 5.10 Å². The summed E-state index contributed by atoms with van der Waals surface area (Å²) in [5.41, 5.74) is 1.80. The molecule has 0 saturated carbocycles. The number of nitrogens with one attached hydrogen (secondary N) is 3. The smallest absolute Gasteiger partial charge is 0.148 e. The van der Waals surface area contributed by atoms with Crippen molar-refractivity contribution in [2.75, 3.05) is 18.4 Å². The van der Waals surface area contributed by atoms with Crippen LogP contribution in [0.25, 0.3) is 11.3 Å². The largest absolute Gasteiger partial charge is 0.366 e. The Morgan fingerprint density at radius 3 is 2.74 bits per heavy atom. The highest BCUT2D eigenvalue weighted by Gasteiger charge is 2.15. The summed E-state index contributed by atoms with van der Waals surface area (Å²) in [6.45, 7) is 2.11. The topological polar surface area (TPSA) is 52.7 Å². The fraction of sp³-hybridized carbons (Fsp3) is 0.417. The van der Waals surface area contributed by atoms with E-state index in [1.807, 2.05) is 12.1 Å². The molecule has 1 fully saturated rings. The zero-order valence-corrected chi connectivity index (χ0v) is 12.5. The van der Waals surface area contributed by atoms with E-state index in [4.69, 9.17) is 23.2 Å². The molecule has 1 aliphatic rings. The minimum atomic E-state index is 0.485. The van der Waals surface area contributed by atoms with Gasteiger partial charge in [0.05, 0.1) is 10.0 Å². The molecule has 3 N–H and O–H groups in total. The molecular formula is C12H14Cl2N4S. The number of nitrogens with zero attached hydrogens (tertiary/aromatic N) is 1. The Morgan fingerprint density at radius 2 is 2.05 bits per heavy atom. The summed E-state index contributed by atoms with van der Waals surface area (Å²) in [7, 11) is 0. The van der Waals surface area contributed by atoms with Crippen molar-refractivity contribution in [2.45, 2.75) is 18.9 Å². The summed E-state index contributed by atoms with van der Waals surface area (Å²) < 4.78 is 1.37. The first-order valence-corrected chi connectivity index (χ1v) is 7.77. The lowest BCUT2D eigenvalue weighted by atomic mass is 10.1. The van der Waals surface area contributed by atoms with E-state index in [0.717, 1.165) is 43.0 Å². The fourth-order valence-electron chi connectivity index (χ4n) is 2.23. The average Bonchev–Trinajstić information content (AvgIpc) is 2.97. The Labute approximate surface area is 125 Å². The summed E-state index contributed by atoms with van der Waals surface area (Å²) in [4.78, 5) is 0. The van der Waals surface area contributed by atoms with Crippen LogP contribution in [-0.2, 0) is 0 Å². The number of halogens is 2. The quantitative estimate of drug-likeness (QED) is 0.810. The number of hydrogen-bond donors (Lipinski definition) is 3. The highest BCUT2D eigenvalue weighted by atomic mass is 35.5. The monoisotopic (exact) mass is 316 g/mol. The van der Waals surface area contributed by atoms with Crippen LogP contribution in [0.2, 0.25) is 8.67 Å². The molecule has 0 radical (unpaired) electrons. The van der Waals surface area contributed by atoms with Crippen molar-refractivity contribution in [1.82, 2.24) is 15.5 Å². The van der Waals surface area contributed by atoms with Crippen molar-refractivity contribution >= 4 is 40.4 Å². The Hall–Kier alpha value is -0.750. The van der Waals surface area contributed by atoms with Crippen LogP contribution >= 0.6 is 34.5 Å². The molecule has 2 aromatic rings. The molecule has 3 rings (SSSR count). The number of piperidine rings is 1. The predicted molar refractivity (Wildman–Crippen MR) is 81.4 cm³/mol. The maximum Gasteiger partial charge on any atom is 0.148 e. The van der Waals surface area contributed by atoms with Gasteiger partial charge in [0.15, 0.2) is 0 Å². The number of aromatic nitrogens is 2. The van der Waals surface area contributed by atoms with E-state index in [1.54, 1.807) is 0 Å². The second-order valence-electron chi connectivity index (χ2n) is 4.57. The van der Waals surface area contributed by atoms with E-state index in [1.165, 1.54) is 11.3 Å². The third-order valence-corrected chi connectivity index (χ3v) is 4.70. The van der Waals surface area contributed by atoms with Gasteiger partial charge >= 0.3 is 0 Å². The summed E-state index contributed by atoms with van der Waals surface area (Å²) in [5, 5.41) is 14.1. The van der Waals surface area contributed by atoms with Crippen molar-refractivity contribution in [3.63, 3.8) is 0 Å². The highest BCUT2D eigenvalue weighted by Crippen LogP contribution is 2.37. The highest BCUT2D eigenvalue weighted by molar-refractivity contribution is 7.20. The molecule has 1 aliphatic heterocycles. The van der Waals surface area contributed by atoms with Gasteiger partial charge in [-0.1, -0.05) is 23.2 Å². The first-order valence-electron chi connectivity index (χ1n) is 6.20. The van der Waals surface area contributed by atoms with Crippen molar-refractivity contribution in [3.8, 4) is 11.3 Å². The number of thiophene rings is 1. The van der Waals surface area contributed by atoms with Crippen molar-refractivity contribution in [3.05, 3.63) is 20.8 Å². The van der Waals surface area contributed by atoms with Crippen LogP contribution in [-0.4, -0.2) is 29.3 Å². The number of anilines is 1. The molecule has 0 aromatic carbocycles. The first kappa shape index (κ1) is 13.2. The molecule has 7 heteroatoms. The van der Waals surface area contributed by atoms with Crippen molar-refractivity contribution in [2.24, 2.45) is 0 Å². The molecule has 1 saturated heterocycles. The first-order chi connectivity index (χ1) is 9.22. The third-order valence-electron chi connectivity index (χ3n) is 3.22. The molecule has 3 heterocycles. The standard InChI is InChI=1S/C12H14Cl2N4S/c13-10-5-8(12(14)19-10)9-6-11(18-17-9)16-7-1-3-15-4-2-7/h5-7,15H,1-4H2,(H2,16,17,18). The molecule has 2 aromatic heterocycles. The minimum Gasteiger partial charge on any atom is -0.366 e. The van der Waals surface area contributed by atoms with Crippen LogP contribution in [0.15, 0.2) is 12.1 Å². The zero-order valence-electron chi connectivity index (χ0n) is 10.2. The molecule has 19 heavy (non-hydrogen) atoms. The molecule has 0 spiro atoms. The van der Waals surface area contributed by atoms with Crippen LogP contribution < -0.4 is 10.6 Å². The molecule has 0 atom stereocenters. The number of H-pyrrole nitrogens is 1. The Morgan fingerprint density at radius 1 is 1.26 bits per heavy atom.